The number of fused-ring (bicyclic) bond motifs is 11. The van der Waals surface area contributed by atoms with Gasteiger partial charge in [0.05, 0.1) is 16.4 Å². The molecule has 3 aliphatic heterocycles. The van der Waals surface area contributed by atoms with E-state index in [1.807, 2.05) is 0 Å². The second-order valence-corrected chi connectivity index (χ2v) is 13.6. The molecule has 1 spiro atoms. The molecule has 1 N–H and O–H groups in total. The highest BCUT2D eigenvalue weighted by atomic mass is 16.5. The molecular weight excluding hydrogens is 637 g/mol. The number of aromatic nitrogens is 1. The predicted octanol–water partition coefficient (Wildman–Crippen LogP) is 11.5. The van der Waals surface area contributed by atoms with E-state index < -0.39 is 5.41 Å². The number of ether oxygens (including phenoxy) is 2. The molecule has 0 bridgehead atoms. The molecular formula is C48H32N2O2. The minimum absolute atomic E-state index is 0.658. The molecule has 0 saturated carbocycles. The van der Waals surface area contributed by atoms with Crippen molar-refractivity contribution in [3.8, 4) is 39.8 Å². The molecule has 0 atom stereocenters. The Hall–Kier alpha value is -6.78. The molecule has 1 aromatic heterocycles. The fraction of sp³-hybridized carbons (Fsp3) is 0.0417. The van der Waals surface area contributed by atoms with Gasteiger partial charge in [-0.3, -0.25) is 0 Å². The fourth-order valence-electron chi connectivity index (χ4n) is 8.78. The van der Waals surface area contributed by atoms with Crippen LogP contribution in [0.25, 0.3) is 44.3 Å². The summed E-state index contributed by atoms with van der Waals surface area (Å²) in [4.78, 5) is 0. The van der Waals surface area contributed by atoms with Gasteiger partial charge in [0.2, 0.25) is 0 Å². The molecule has 8 aromatic rings. The molecule has 246 valence electrons. The first-order valence-corrected chi connectivity index (χ1v) is 17.8. The van der Waals surface area contributed by atoms with Crippen molar-refractivity contribution >= 4 is 27.5 Å². The molecule has 4 heteroatoms. The van der Waals surface area contributed by atoms with Gasteiger partial charge in [0.1, 0.15) is 23.0 Å². The Kier molecular flexibility index (Phi) is 6.20. The molecule has 4 nitrogen and oxygen atoms in total. The standard InChI is InChI=1S/C48H32N2O2/c1-2-13-33(14-3-1)50-41-20-7-4-15-35(41)47-34(16-12-21-42(47)50)31-24-26-38-45(29-31)52-46-30-32(40-19-10-11-28-49-40)25-27-39(46)48(38)36-17-5-8-22-43(36)51-44-23-9-6-18-37(44)48/h1-27,29-30,49H,28H2. The van der Waals surface area contributed by atoms with Crippen LogP contribution in [0, 0.1) is 0 Å². The molecule has 0 saturated heterocycles. The van der Waals surface area contributed by atoms with Crippen LogP contribution in [0.4, 0.5) is 0 Å². The summed E-state index contributed by atoms with van der Waals surface area (Å²) in [5.41, 5.74) is 11.7. The van der Waals surface area contributed by atoms with Crippen LogP contribution in [0.3, 0.4) is 0 Å². The highest BCUT2D eigenvalue weighted by molar-refractivity contribution is 6.15. The summed E-state index contributed by atoms with van der Waals surface area (Å²) in [6, 6.07) is 56.3. The van der Waals surface area contributed by atoms with Gasteiger partial charge >= 0.3 is 0 Å². The Morgan fingerprint density at radius 1 is 0.519 bits per heavy atom. The Balaban J connectivity index is 1.19. The van der Waals surface area contributed by atoms with Gasteiger partial charge in [0, 0.05) is 56.5 Å². The zero-order chi connectivity index (χ0) is 34.2. The molecule has 0 amide bonds. The zero-order valence-corrected chi connectivity index (χ0v) is 28.2. The van der Waals surface area contributed by atoms with Crippen LogP contribution >= 0.6 is 0 Å². The van der Waals surface area contributed by atoms with Gasteiger partial charge in [-0.05, 0) is 65.7 Å². The van der Waals surface area contributed by atoms with E-state index in [-0.39, 0.29) is 0 Å². The monoisotopic (exact) mass is 668 g/mol. The molecule has 7 aromatic carbocycles. The Labute approximate surface area is 301 Å². The van der Waals surface area contributed by atoms with E-state index in [0.717, 1.165) is 74.3 Å². The van der Waals surface area contributed by atoms with E-state index in [1.54, 1.807) is 0 Å². The highest BCUT2D eigenvalue weighted by Gasteiger charge is 2.50. The van der Waals surface area contributed by atoms with Crippen molar-refractivity contribution in [2.45, 2.75) is 5.41 Å². The van der Waals surface area contributed by atoms with Gasteiger partial charge in [-0.1, -0.05) is 121 Å². The van der Waals surface area contributed by atoms with E-state index in [1.165, 1.54) is 27.4 Å². The lowest BCUT2D eigenvalue weighted by molar-refractivity contribution is 0.399. The molecule has 52 heavy (non-hydrogen) atoms. The maximum Gasteiger partial charge on any atom is 0.132 e. The van der Waals surface area contributed by atoms with Crippen molar-refractivity contribution in [1.82, 2.24) is 9.88 Å². The zero-order valence-electron chi connectivity index (χ0n) is 28.2. The lowest BCUT2D eigenvalue weighted by atomic mass is 9.62. The summed E-state index contributed by atoms with van der Waals surface area (Å²) in [5, 5.41) is 5.98. The second kappa shape index (κ2) is 11.1. The molecule has 0 radical (unpaired) electrons. The molecule has 0 fully saturated rings. The largest absolute Gasteiger partial charge is 0.457 e. The maximum absolute atomic E-state index is 7.08. The summed E-state index contributed by atoms with van der Waals surface area (Å²) in [5.74, 6) is 3.38. The van der Waals surface area contributed by atoms with Crippen molar-refractivity contribution in [2.75, 3.05) is 6.54 Å². The van der Waals surface area contributed by atoms with E-state index >= 15 is 0 Å². The Bertz CT molecular complexity index is 2760. The minimum atomic E-state index is -0.658. The average molecular weight is 669 g/mol. The lowest BCUT2D eigenvalue weighted by Gasteiger charge is -2.45. The van der Waals surface area contributed by atoms with Crippen LogP contribution in [0.15, 0.2) is 176 Å². The normalized spacial score (nSPS) is 14.7. The van der Waals surface area contributed by atoms with Gasteiger partial charge in [-0.25, -0.2) is 0 Å². The summed E-state index contributed by atoms with van der Waals surface area (Å²) >= 11 is 0. The third-order valence-electron chi connectivity index (χ3n) is 10.9. The number of benzene rings is 7. The second-order valence-electron chi connectivity index (χ2n) is 13.6. The van der Waals surface area contributed by atoms with Crippen molar-refractivity contribution in [3.05, 3.63) is 204 Å². The van der Waals surface area contributed by atoms with Crippen molar-refractivity contribution in [1.29, 1.82) is 0 Å². The van der Waals surface area contributed by atoms with E-state index in [2.05, 4.69) is 186 Å². The van der Waals surface area contributed by atoms with Gasteiger partial charge in [-0.15, -0.1) is 0 Å². The topological polar surface area (TPSA) is 35.4 Å². The number of hydrogen-bond donors (Lipinski definition) is 1. The first-order chi connectivity index (χ1) is 25.8. The average Bonchev–Trinajstić information content (AvgIpc) is 3.56. The molecule has 4 heterocycles. The Morgan fingerprint density at radius 2 is 1.13 bits per heavy atom. The smallest absolute Gasteiger partial charge is 0.132 e. The number of nitrogens with one attached hydrogen (secondary N) is 1. The number of rotatable bonds is 3. The molecule has 11 rings (SSSR count). The van der Waals surface area contributed by atoms with Gasteiger partial charge in [-0.2, -0.15) is 0 Å². The van der Waals surface area contributed by atoms with Crippen LogP contribution in [0.2, 0.25) is 0 Å². The lowest BCUT2D eigenvalue weighted by Crippen LogP contribution is -2.36. The number of para-hydroxylation sites is 4. The maximum atomic E-state index is 7.08. The molecule has 3 aliphatic rings. The third kappa shape index (κ3) is 4.03. The number of allylic oxidation sites excluding steroid dienone is 2. The van der Waals surface area contributed by atoms with Gasteiger partial charge in [0.25, 0.3) is 0 Å². The van der Waals surface area contributed by atoms with Crippen molar-refractivity contribution in [2.24, 2.45) is 0 Å². The summed E-state index contributed by atoms with van der Waals surface area (Å²) in [6.07, 6.45) is 6.36. The van der Waals surface area contributed by atoms with Crippen LogP contribution < -0.4 is 14.8 Å². The summed E-state index contributed by atoms with van der Waals surface area (Å²) in [6.45, 7) is 0.796. The SMILES string of the molecule is C1=CCNC(c2ccc3c(c2)Oc2cc(-c4cccc5c4c4ccccc4n5-c4ccccc4)ccc2C32c3ccccc3Oc3ccccc32)=C1. The van der Waals surface area contributed by atoms with Crippen LogP contribution in [-0.4, -0.2) is 11.1 Å². The highest BCUT2D eigenvalue weighted by Crippen LogP contribution is 2.62. The van der Waals surface area contributed by atoms with Gasteiger partial charge < -0.3 is 19.4 Å². The van der Waals surface area contributed by atoms with E-state index in [9.17, 15) is 0 Å². The third-order valence-corrected chi connectivity index (χ3v) is 10.9. The van der Waals surface area contributed by atoms with Crippen LogP contribution in [0.1, 0.15) is 27.8 Å². The molecule has 0 unspecified atom stereocenters. The van der Waals surface area contributed by atoms with Crippen molar-refractivity contribution < 1.29 is 9.47 Å². The number of nitrogens with zero attached hydrogens (tertiary/aromatic N) is 1. The number of hydrogen-bond acceptors (Lipinski definition) is 3. The predicted molar refractivity (Wildman–Crippen MR) is 210 cm³/mol. The number of dihydropyridines is 1. The summed E-state index contributed by atoms with van der Waals surface area (Å²) in [7, 11) is 0. The quantitative estimate of drug-likeness (QED) is 0.204. The van der Waals surface area contributed by atoms with Crippen LogP contribution in [-0.2, 0) is 5.41 Å². The van der Waals surface area contributed by atoms with Crippen LogP contribution in [0.5, 0.6) is 23.0 Å². The fourth-order valence-corrected chi connectivity index (χ4v) is 8.78. The minimum Gasteiger partial charge on any atom is -0.457 e. The van der Waals surface area contributed by atoms with E-state index in [0.29, 0.717) is 0 Å². The first-order valence-electron chi connectivity index (χ1n) is 17.8. The first kappa shape index (κ1) is 29.0. The summed E-state index contributed by atoms with van der Waals surface area (Å²) < 4.78 is 16.1. The molecule has 0 aliphatic carbocycles. The van der Waals surface area contributed by atoms with Crippen molar-refractivity contribution in [3.63, 3.8) is 0 Å². The van der Waals surface area contributed by atoms with Gasteiger partial charge in [0.15, 0.2) is 0 Å². The van der Waals surface area contributed by atoms with E-state index in [4.69, 9.17) is 9.47 Å². The Morgan fingerprint density at radius 3 is 1.88 bits per heavy atom.